The highest BCUT2D eigenvalue weighted by molar-refractivity contribution is 5.06. The van der Waals surface area contributed by atoms with Crippen LogP contribution in [-0.4, -0.2) is 6.10 Å². The third-order valence-electron chi connectivity index (χ3n) is 1.68. The van der Waals surface area contributed by atoms with Gasteiger partial charge in [-0.3, -0.25) is 0 Å². The fourth-order valence-corrected chi connectivity index (χ4v) is 0.825. The van der Waals surface area contributed by atoms with Crippen molar-refractivity contribution >= 4 is 0 Å². The van der Waals surface area contributed by atoms with Crippen molar-refractivity contribution < 1.29 is 10.1 Å². The van der Waals surface area contributed by atoms with E-state index in [2.05, 4.69) is 24.8 Å². The van der Waals surface area contributed by atoms with Gasteiger partial charge < -0.3 is 0 Å². The molecule has 0 aliphatic heterocycles. The molecule has 0 bridgehead atoms. The lowest BCUT2D eigenvalue weighted by Gasteiger charge is -2.09. The van der Waals surface area contributed by atoms with Crippen molar-refractivity contribution in [3.63, 3.8) is 0 Å². The van der Waals surface area contributed by atoms with Crippen molar-refractivity contribution in [1.82, 2.24) is 0 Å². The summed E-state index contributed by atoms with van der Waals surface area (Å²) < 4.78 is 0. The molecule has 0 heterocycles. The lowest BCUT2D eigenvalue weighted by atomic mass is 10.1. The molecule has 1 atom stereocenters. The van der Waals surface area contributed by atoms with Crippen molar-refractivity contribution in [2.24, 2.45) is 11.8 Å². The molecule has 0 amide bonds. The highest BCUT2D eigenvalue weighted by Crippen LogP contribution is 2.07. The summed E-state index contributed by atoms with van der Waals surface area (Å²) >= 11 is 0. The molecule has 0 aliphatic rings. The first-order valence-electron chi connectivity index (χ1n) is 4.71. The maximum absolute atomic E-state index is 10.2. The SMILES string of the molecule is CC(C)/C=C\C=C\C(O[O])C(C)C. The van der Waals surface area contributed by atoms with Gasteiger partial charge in [0.1, 0.15) is 6.10 Å². The van der Waals surface area contributed by atoms with E-state index in [4.69, 9.17) is 0 Å². The molecule has 75 valence electrons. The number of hydrogen-bond acceptors (Lipinski definition) is 1. The molecular weight excluding hydrogens is 164 g/mol. The zero-order valence-electron chi connectivity index (χ0n) is 8.86. The molecule has 2 heteroatoms. The normalized spacial score (nSPS) is 15.3. The molecule has 0 spiro atoms. The fourth-order valence-electron chi connectivity index (χ4n) is 0.825. The van der Waals surface area contributed by atoms with Crippen LogP contribution in [0.4, 0.5) is 0 Å². The van der Waals surface area contributed by atoms with Crippen LogP contribution >= 0.6 is 0 Å². The van der Waals surface area contributed by atoms with Crippen LogP contribution in [0.25, 0.3) is 0 Å². The predicted molar refractivity (Wildman–Crippen MR) is 53.5 cm³/mol. The maximum atomic E-state index is 10.2. The van der Waals surface area contributed by atoms with E-state index in [0.717, 1.165) is 0 Å². The van der Waals surface area contributed by atoms with Crippen LogP contribution < -0.4 is 0 Å². The lowest BCUT2D eigenvalue weighted by Crippen LogP contribution is -2.13. The Morgan fingerprint density at radius 1 is 1.00 bits per heavy atom. The number of hydrogen-bond donors (Lipinski definition) is 0. The minimum atomic E-state index is -0.322. The van der Waals surface area contributed by atoms with Gasteiger partial charge in [0.05, 0.1) is 0 Å². The van der Waals surface area contributed by atoms with Crippen LogP contribution in [0.1, 0.15) is 27.7 Å². The van der Waals surface area contributed by atoms with Crippen molar-refractivity contribution in [1.29, 1.82) is 0 Å². The van der Waals surface area contributed by atoms with Crippen molar-refractivity contribution in [3.05, 3.63) is 24.3 Å². The molecule has 13 heavy (non-hydrogen) atoms. The summed E-state index contributed by atoms with van der Waals surface area (Å²) in [5.74, 6) is 0.761. The molecule has 0 aliphatic carbocycles. The third-order valence-corrected chi connectivity index (χ3v) is 1.68. The Morgan fingerprint density at radius 2 is 1.54 bits per heavy atom. The molecule has 0 aromatic carbocycles. The van der Waals surface area contributed by atoms with Gasteiger partial charge in [-0.15, -0.1) is 0 Å². The standard InChI is InChI=1S/C11H19O2/c1-9(2)7-5-6-8-11(13-12)10(3)4/h5-11H,1-4H3/b7-5-,8-6+. The van der Waals surface area contributed by atoms with Crippen molar-refractivity contribution in [2.75, 3.05) is 0 Å². The average Bonchev–Trinajstić information content (AvgIpc) is 2.03. The van der Waals surface area contributed by atoms with Gasteiger partial charge in [-0.25, -0.2) is 0 Å². The van der Waals surface area contributed by atoms with E-state index >= 15 is 0 Å². The van der Waals surface area contributed by atoms with Gasteiger partial charge in [0.2, 0.25) is 0 Å². The fraction of sp³-hybridized carbons (Fsp3) is 0.636. The van der Waals surface area contributed by atoms with E-state index in [-0.39, 0.29) is 12.0 Å². The van der Waals surface area contributed by atoms with Crippen LogP contribution in [0.5, 0.6) is 0 Å². The molecule has 2 nitrogen and oxygen atoms in total. The van der Waals surface area contributed by atoms with Crippen LogP contribution in [0.2, 0.25) is 0 Å². The van der Waals surface area contributed by atoms with Crippen LogP contribution in [0, 0.1) is 11.8 Å². The van der Waals surface area contributed by atoms with E-state index in [0.29, 0.717) is 5.92 Å². The first kappa shape index (κ1) is 12.4. The van der Waals surface area contributed by atoms with Crippen molar-refractivity contribution in [2.45, 2.75) is 33.8 Å². The van der Waals surface area contributed by atoms with Crippen molar-refractivity contribution in [3.8, 4) is 0 Å². The Morgan fingerprint density at radius 3 is 1.92 bits per heavy atom. The second-order valence-electron chi connectivity index (χ2n) is 3.82. The Labute approximate surface area is 80.8 Å². The van der Waals surface area contributed by atoms with Gasteiger partial charge in [-0.05, 0) is 17.1 Å². The minimum Gasteiger partial charge on any atom is -0.196 e. The van der Waals surface area contributed by atoms with E-state index < -0.39 is 0 Å². The zero-order chi connectivity index (χ0) is 10.3. The van der Waals surface area contributed by atoms with Gasteiger partial charge in [0, 0.05) is 0 Å². The quantitative estimate of drug-likeness (QED) is 0.366. The van der Waals surface area contributed by atoms with Gasteiger partial charge in [0.15, 0.2) is 0 Å². The second kappa shape index (κ2) is 6.87. The lowest BCUT2D eigenvalue weighted by molar-refractivity contribution is -0.331. The largest absolute Gasteiger partial charge is 0.196 e. The number of allylic oxidation sites excluding steroid dienone is 3. The monoisotopic (exact) mass is 183 g/mol. The molecule has 0 aromatic rings. The Hall–Kier alpha value is -0.600. The Kier molecular flexibility index (Phi) is 6.55. The summed E-state index contributed by atoms with van der Waals surface area (Å²) in [6.45, 7) is 8.13. The smallest absolute Gasteiger partial charge is 0.117 e. The van der Waals surface area contributed by atoms with E-state index in [9.17, 15) is 5.26 Å². The highest BCUT2D eigenvalue weighted by atomic mass is 17.1. The van der Waals surface area contributed by atoms with Gasteiger partial charge >= 0.3 is 0 Å². The molecule has 0 saturated heterocycles. The predicted octanol–water partition coefficient (Wildman–Crippen LogP) is 3.14. The summed E-state index contributed by atoms with van der Waals surface area (Å²) in [7, 11) is 0. The van der Waals surface area contributed by atoms with Crippen LogP contribution in [0.15, 0.2) is 24.3 Å². The Balaban J connectivity index is 3.93. The summed E-state index contributed by atoms with van der Waals surface area (Å²) in [5, 5.41) is 10.2. The molecule has 0 saturated carbocycles. The average molecular weight is 183 g/mol. The zero-order valence-corrected chi connectivity index (χ0v) is 8.86. The number of rotatable bonds is 5. The maximum Gasteiger partial charge on any atom is 0.117 e. The molecule has 1 radical (unpaired) electrons. The molecular formula is C11H19O2. The van der Waals surface area contributed by atoms with E-state index in [1.54, 1.807) is 6.08 Å². The Bertz CT molecular complexity index is 169. The van der Waals surface area contributed by atoms with Crippen LogP contribution in [-0.2, 0) is 10.1 Å². The molecule has 0 rings (SSSR count). The summed E-state index contributed by atoms with van der Waals surface area (Å²) in [6, 6.07) is 0. The summed E-state index contributed by atoms with van der Waals surface area (Å²) in [4.78, 5) is 4.05. The van der Waals surface area contributed by atoms with E-state index in [1.165, 1.54) is 0 Å². The molecule has 0 N–H and O–H groups in total. The third kappa shape index (κ3) is 6.55. The van der Waals surface area contributed by atoms with Gasteiger partial charge in [0.25, 0.3) is 0 Å². The molecule has 0 fully saturated rings. The topological polar surface area (TPSA) is 29.1 Å². The molecule has 0 aromatic heterocycles. The van der Waals surface area contributed by atoms with Gasteiger partial charge in [-0.2, -0.15) is 4.89 Å². The van der Waals surface area contributed by atoms with E-state index in [1.807, 2.05) is 26.0 Å². The summed E-state index contributed by atoms with van der Waals surface area (Å²) in [6.07, 6.45) is 7.34. The minimum absolute atomic E-state index is 0.223. The second-order valence-corrected chi connectivity index (χ2v) is 3.82. The highest BCUT2D eigenvalue weighted by Gasteiger charge is 2.09. The summed E-state index contributed by atoms with van der Waals surface area (Å²) in [5.41, 5.74) is 0. The van der Waals surface area contributed by atoms with Gasteiger partial charge in [-0.1, -0.05) is 52.0 Å². The van der Waals surface area contributed by atoms with Crippen LogP contribution in [0.3, 0.4) is 0 Å². The first-order chi connectivity index (χ1) is 6.07. The molecule has 1 unspecified atom stereocenters. The first-order valence-corrected chi connectivity index (χ1v) is 4.71.